The van der Waals surface area contributed by atoms with Crippen LogP contribution in [0.4, 0.5) is 5.69 Å². The molecule has 0 aliphatic rings. The van der Waals surface area contributed by atoms with Crippen LogP contribution in [0.5, 0.6) is 0 Å². The molecule has 5 nitrogen and oxygen atoms in total. The number of para-hydroxylation sites is 1. The lowest BCUT2D eigenvalue weighted by Gasteiger charge is -2.06. The van der Waals surface area contributed by atoms with Gasteiger partial charge in [0.15, 0.2) is 0 Å². The Morgan fingerprint density at radius 3 is 2.61 bits per heavy atom. The Morgan fingerprint density at radius 2 is 1.90 bits per heavy atom. The van der Waals surface area contributed by atoms with Crippen LogP contribution in [0, 0.1) is 11.3 Å². The number of nitriles is 1. The van der Waals surface area contributed by atoms with Gasteiger partial charge in [0.2, 0.25) is 0 Å². The van der Waals surface area contributed by atoms with Gasteiger partial charge >= 0.3 is 0 Å². The Hall–Kier alpha value is -3.66. The molecule has 1 amide bonds. The summed E-state index contributed by atoms with van der Waals surface area (Å²) >= 11 is 7.67. The standard InChI is InChI=1S/C24H17ClN4OS/c25-20-9-4-5-10-21(20)27-24(30)18(14-26)13-19-16-29(15-17-7-2-1-3-8-17)28-23(19)22-11-6-12-31-22/h1-13,16H,15H2,(H,27,30)/b18-13+. The molecule has 152 valence electrons. The number of hydrogen-bond acceptors (Lipinski definition) is 4. The average Bonchev–Trinajstić information content (AvgIpc) is 3.44. The fourth-order valence-corrected chi connectivity index (χ4v) is 3.97. The molecule has 0 fully saturated rings. The highest BCUT2D eigenvalue weighted by Gasteiger charge is 2.16. The number of carbonyl (C=O) groups excluding carboxylic acids is 1. The highest BCUT2D eigenvalue weighted by Crippen LogP contribution is 2.29. The van der Waals surface area contributed by atoms with Crippen LogP contribution in [-0.2, 0) is 11.3 Å². The second kappa shape index (κ2) is 9.43. The smallest absolute Gasteiger partial charge is 0.266 e. The summed E-state index contributed by atoms with van der Waals surface area (Å²) in [6.45, 7) is 0.584. The fourth-order valence-electron chi connectivity index (χ4n) is 3.06. The number of halogens is 1. The Bertz CT molecular complexity index is 1270. The third-order valence-corrected chi connectivity index (χ3v) is 5.73. The summed E-state index contributed by atoms with van der Waals surface area (Å²) in [7, 11) is 0. The Balaban J connectivity index is 1.67. The first-order valence-electron chi connectivity index (χ1n) is 9.47. The van der Waals surface area contributed by atoms with Crippen LogP contribution in [0.15, 0.2) is 83.9 Å². The van der Waals surface area contributed by atoms with Crippen molar-refractivity contribution < 1.29 is 4.79 Å². The van der Waals surface area contributed by atoms with Crippen molar-refractivity contribution >= 4 is 40.6 Å². The van der Waals surface area contributed by atoms with Crippen molar-refractivity contribution in [1.82, 2.24) is 9.78 Å². The van der Waals surface area contributed by atoms with Gasteiger partial charge in [-0.15, -0.1) is 11.3 Å². The van der Waals surface area contributed by atoms with E-state index in [9.17, 15) is 10.1 Å². The van der Waals surface area contributed by atoms with Crippen molar-refractivity contribution in [3.05, 3.63) is 100 Å². The Kier molecular flexibility index (Phi) is 6.27. The van der Waals surface area contributed by atoms with E-state index in [0.29, 0.717) is 22.8 Å². The fraction of sp³-hybridized carbons (Fsp3) is 0.0417. The number of anilines is 1. The first-order valence-corrected chi connectivity index (χ1v) is 10.7. The lowest BCUT2D eigenvalue weighted by atomic mass is 10.1. The van der Waals surface area contributed by atoms with Crippen molar-refractivity contribution in [2.45, 2.75) is 6.54 Å². The van der Waals surface area contributed by atoms with Gasteiger partial charge in [-0.2, -0.15) is 10.4 Å². The van der Waals surface area contributed by atoms with Crippen molar-refractivity contribution in [1.29, 1.82) is 5.26 Å². The van der Waals surface area contributed by atoms with E-state index in [-0.39, 0.29) is 5.57 Å². The Labute approximate surface area is 188 Å². The van der Waals surface area contributed by atoms with Gasteiger partial charge in [0, 0.05) is 11.8 Å². The summed E-state index contributed by atoms with van der Waals surface area (Å²) in [5, 5.41) is 19.4. The minimum absolute atomic E-state index is 0.0306. The van der Waals surface area contributed by atoms with Gasteiger partial charge in [-0.25, -0.2) is 0 Å². The van der Waals surface area contributed by atoms with Gasteiger partial charge < -0.3 is 5.32 Å². The molecule has 0 saturated carbocycles. The molecule has 7 heteroatoms. The number of carbonyl (C=O) groups is 1. The summed E-state index contributed by atoms with van der Waals surface area (Å²) < 4.78 is 1.82. The summed E-state index contributed by atoms with van der Waals surface area (Å²) in [4.78, 5) is 13.7. The molecule has 1 N–H and O–H groups in total. The van der Waals surface area contributed by atoms with Crippen molar-refractivity contribution in [3.8, 4) is 16.6 Å². The van der Waals surface area contributed by atoms with Gasteiger partial charge in [-0.1, -0.05) is 60.1 Å². The van der Waals surface area contributed by atoms with E-state index >= 15 is 0 Å². The van der Waals surface area contributed by atoms with Crippen LogP contribution in [0.3, 0.4) is 0 Å². The number of thiophene rings is 1. The average molecular weight is 445 g/mol. The van der Waals surface area contributed by atoms with Crippen molar-refractivity contribution in [2.75, 3.05) is 5.32 Å². The summed E-state index contributed by atoms with van der Waals surface area (Å²) in [6, 6.07) is 22.8. The van der Waals surface area contributed by atoms with E-state index in [4.69, 9.17) is 16.7 Å². The van der Waals surface area contributed by atoms with Crippen LogP contribution >= 0.6 is 22.9 Å². The zero-order valence-electron chi connectivity index (χ0n) is 16.3. The van der Waals surface area contributed by atoms with Crippen LogP contribution in [0.2, 0.25) is 5.02 Å². The second-order valence-electron chi connectivity index (χ2n) is 6.70. The number of benzene rings is 2. The third-order valence-electron chi connectivity index (χ3n) is 4.52. The molecule has 0 saturated heterocycles. The Morgan fingerprint density at radius 1 is 1.13 bits per heavy atom. The third kappa shape index (κ3) is 4.92. The number of nitrogens with one attached hydrogen (secondary N) is 1. The topological polar surface area (TPSA) is 70.7 Å². The van der Waals surface area contributed by atoms with Gasteiger partial charge in [0.1, 0.15) is 17.3 Å². The van der Waals surface area contributed by atoms with Crippen molar-refractivity contribution in [3.63, 3.8) is 0 Å². The molecule has 4 aromatic rings. The van der Waals surface area contributed by atoms with E-state index in [0.717, 1.165) is 16.1 Å². The van der Waals surface area contributed by atoms with E-state index in [1.165, 1.54) is 0 Å². The normalized spacial score (nSPS) is 11.2. The molecule has 0 bridgehead atoms. The molecule has 0 spiro atoms. The summed E-state index contributed by atoms with van der Waals surface area (Å²) in [5.74, 6) is -0.525. The molecule has 4 rings (SSSR count). The van der Waals surface area contributed by atoms with Gasteiger partial charge in [-0.3, -0.25) is 9.48 Å². The van der Waals surface area contributed by atoms with Crippen molar-refractivity contribution in [2.24, 2.45) is 0 Å². The molecule has 2 heterocycles. The highest BCUT2D eigenvalue weighted by molar-refractivity contribution is 7.13. The van der Waals surface area contributed by atoms with E-state index in [1.54, 1.807) is 41.7 Å². The molecule has 2 aromatic heterocycles. The van der Waals surface area contributed by atoms with Crippen LogP contribution < -0.4 is 5.32 Å². The molecule has 0 aliphatic carbocycles. The lowest BCUT2D eigenvalue weighted by molar-refractivity contribution is -0.112. The minimum atomic E-state index is -0.525. The predicted octanol–water partition coefficient (Wildman–Crippen LogP) is 5.86. The van der Waals surface area contributed by atoms with Gasteiger partial charge in [0.25, 0.3) is 5.91 Å². The SMILES string of the molecule is N#C/C(=C\c1cn(Cc2ccccc2)nc1-c1cccs1)C(=O)Nc1ccccc1Cl. The number of amides is 1. The molecule has 0 unspecified atom stereocenters. The van der Waals surface area contributed by atoms with Gasteiger partial charge in [0.05, 0.1) is 22.1 Å². The molecule has 2 aromatic carbocycles. The maximum atomic E-state index is 12.7. The van der Waals surface area contributed by atoms with Gasteiger partial charge in [-0.05, 0) is 35.2 Å². The maximum Gasteiger partial charge on any atom is 0.266 e. The molecule has 0 radical (unpaired) electrons. The number of nitrogens with zero attached hydrogens (tertiary/aromatic N) is 3. The molecular weight excluding hydrogens is 428 g/mol. The van der Waals surface area contributed by atoms with Crippen LogP contribution in [0.1, 0.15) is 11.1 Å². The number of hydrogen-bond donors (Lipinski definition) is 1. The van der Waals surface area contributed by atoms with E-state index < -0.39 is 5.91 Å². The van der Waals surface area contributed by atoms with Crippen LogP contribution in [0.25, 0.3) is 16.6 Å². The first-order chi connectivity index (χ1) is 15.1. The highest BCUT2D eigenvalue weighted by atomic mass is 35.5. The summed E-state index contributed by atoms with van der Waals surface area (Å²) in [6.07, 6.45) is 3.41. The molecular formula is C24H17ClN4OS. The molecule has 0 aliphatic heterocycles. The zero-order chi connectivity index (χ0) is 21.6. The first kappa shape index (κ1) is 20.6. The monoisotopic (exact) mass is 444 g/mol. The van der Waals surface area contributed by atoms with Crippen LogP contribution in [-0.4, -0.2) is 15.7 Å². The van der Waals surface area contributed by atoms with E-state index in [2.05, 4.69) is 5.32 Å². The quantitative estimate of drug-likeness (QED) is 0.299. The number of rotatable bonds is 6. The molecule has 0 atom stereocenters. The minimum Gasteiger partial charge on any atom is -0.320 e. The number of aromatic nitrogens is 2. The predicted molar refractivity (Wildman–Crippen MR) is 125 cm³/mol. The summed E-state index contributed by atoms with van der Waals surface area (Å²) in [5.41, 5.74) is 2.95. The largest absolute Gasteiger partial charge is 0.320 e. The maximum absolute atomic E-state index is 12.7. The van der Waals surface area contributed by atoms with E-state index in [1.807, 2.05) is 64.8 Å². The molecule has 31 heavy (non-hydrogen) atoms. The second-order valence-corrected chi connectivity index (χ2v) is 8.05. The lowest BCUT2D eigenvalue weighted by Crippen LogP contribution is -2.13. The zero-order valence-corrected chi connectivity index (χ0v) is 17.9.